The number of nitrogens with zero attached hydrogens (tertiary/aromatic N) is 2. The molecule has 0 radical (unpaired) electrons. The number of hydrogen-bond acceptors (Lipinski definition) is 3. The minimum Gasteiger partial charge on any atom is -0.329 e. The fraction of sp³-hybridized carbons (Fsp3) is 0. The third-order valence-corrected chi connectivity index (χ3v) is 3.28. The Balaban J connectivity index is 2.30. The molecule has 2 aromatic heterocycles. The standard InChI is InChI=1S/C10H7N3OS/c14-6-12-7-1-2-8-9(5-7)15-10-11-3-4-13(8)10/h1-6H,(H,12,14). The number of hydrogen-bond donors (Lipinski definition) is 1. The van der Waals surface area contributed by atoms with E-state index in [0.717, 1.165) is 20.9 Å². The summed E-state index contributed by atoms with van der Waals surface area (Å²) in [5.41, 5.74) is 1.92. The van der Waals surface area contributed by atoms with Gasteiger partial charge in [-0.3, -0.25) is 9.20 Å². The summed E-state index contributed by atoms with van der Waals surface area (Å²) in [5, 5.41) is 2.63. The van der Waals surface area contributed by atoms with Crippen molar-refractivity contribution in [3.63, 3.8) is 0 Å². The number of aromatic nitrogens is 2. The number of rotatable bonds is 2. The SMILES string of the molecule is O=CNc1ccc2c(c1)sc1nccn12. The monoisotopic (exact) mass is 217 g/mol. The first-order chi connectivity index (χ1) is 7.38. The summed E-state index contributed by atoms with van der Waals surface area (Å²) in [6.07, 6.45) is 4.39. The highest BCUT2D eigenvalue weighted by Crippen LogP contribution is 2.27. The highest BCUT2D eigenvalue weighted by molar-refractivity contribution is 7.23. The number of fused-ring (bicyclic) bond motifs is 3. The quantitative estimate of drug-likeness (QED) is 0.668. The van der Waals surface area contributed by atoms with Crippen LogP contribution >= 0.6 is 11.3 Å². The minimum atomic E-state index is 0.680. The van der Waals surface area contributed by atoms with Gasteiger partial charge in [0, 0.05) is 18.1 Å². The molecule has 0 aliphatic rings. The largest absolute Gasteiger partial charge is 0.329 e. The van der Waals surface area contributed by atoms with E-state index in [2.05, 4.69) is 10.3 Å². The van der Waals surface area contributed by atoms with Crippen LogP contribution in [0, 0.1) is 0 Å². The van der Waals surface area contributed by atoms with Crippen LogP contribution in [0.15, 0.2) is 30.6 Å². The van der Waals surface area contributed by atoms with Gasteiger partial charge >= 0.3 is 0 Å². The zero-order valence-electron chi connectivity index (χ0n) is 7.68. The Morgan fingerprint density at radius 2 is 2.40 bits per heavy atom. The molecule has 0 fully saturated rings. The number of benzene rings is 1. The maximum Gasteiger partial charge on any atom is 0.211 e. The van der Waals surface area contributed by atoms with E-state index >= 15 is 0 Å². The molecule has 0 atom stereocenters. The molecule has 0 aliphatic heterocycles. The number of anilines is 1. The van der Waals surface area contributed by atoms with Crippen molar-refractivity contribution in [1.82, 2.24) is 9.38 Å². The lowest BCUT2D eigenvalue weighted by Crippen LogP contribution is -1.92. The first kappa shape index (κ1) is 8.43. The van der Waals surface area contributed by atoms with Crippen LogP contribution in [-0.4, -0.2) is 15.8 Å². The first-order valence-electron chi connectivity index (χ1n) is 4.44. The Bertz CT molecular complexity index is 640. The molecule has 1 amide bonds. The molecular weight excluding hydrogens is 210 g/mol. The predicted octanol–water partition coefficient (Wildman–Crippen LogP) is 2.12. The summed E-state index contributed by atoms with van der Waals surface area (Å²) in [4.78, 5) is 15.5. The van der Waals surface area contributed by atoms with Crippen molar-refractivity contribution in [3.05, 3.63) is 30.6 Å². The summed E-state index contributed by atoms with van der Waals surface area (Å²) in [5.74, 6) is 0. The van der Waals surface area contributed by atoms with Crippen LogP contribution < -0.4 is 5.32 Å². The van der Waals surface area contributed by atoms with Crippen LogP contribution in [0.25, 0.3) is 15.2 Å². The van der Waals surface area contributed by atoms with Crippen molar-refractivity contribution in [2.75, 3.05) is 5.32 Å². The van der Waals surface area contributed by atoms with Crippen LogP contribution in [0.2, 0.25) is 0 Å². The van der Waals surface area contributed by atoms with E-state index in [1.165, 1.54) is 0 Å². The lowest BCUT2D eigenvalue weighted by molar-refractivity contribution is -0.105. The number of imidazole rings is 1. The van der Waals surface area contributed by atoms with Crippen LogP contribution in [0.1, 0.15) is 0 Å². The summed E-state index contributed by atoms with van der Waals surface area (Å²) in [6.45, 7) is 0. The predicted molar refractivity (Wildman–Crippen MR) is 60.3 cm³/mol. The normalized spacial score (nSPS) is 10.9. The average molecular weight is 217 g/mol. The smallest absolute Gasteiger partial charge is 0.211 e. The second-order valence-corrected chi connectivity index (χ2v) is 4.14. The van der Waals surface area contributed by atoms with Crippen LogP contribution in [0.5, 0.6) is 0 Å². The van der Waals surface area contributed by atoms with Crippen molar-refractivity contribution < 1.29 is 4.79 Å². The van der Waals surface area contributed by atoms with E-state index in [1.54, 1.807) is 17.5 Å². The number of amides is 1. The molecule has 1 N–H and O–H groups in total. The van der Waals surface area contributed by atoms with E-state index < -0.39 is 0 Å². The fourth-order valence-electron chi connectivity index (χ4n) is 1.60. The Hall–Kier alpha value is -1.88. The van der Waals surface area contributed by atoms with E-state index in [1.807, 2.05) is 28.8 Å². The van der Waals surface area contributed by atoms with Crippen molar-refractivity contribution in [2.45, 2.75) is 0 Å². The Labute approximate surface area is 89.2 Å². The average Bonchev–Trinajstić information content (AvgIpc) is 2.77. The van der Waals surface area contributed by atoms with E-state index in [4.69, 9.17) is 0 Å². The molecule has 0 unspecified atom stereocenters. The Morgan fingerprint density at radius 3 is 3.27 bits per heavy atom. The Morgan fingerprint density at radius 1 is 1.47 bits per heavy atom. The lowest BCUT2D eigenvalue weighted by Gasteiger charge is -1.97. The number of carbonyl (C=O) groups excluding carboxylic acids is 1. The molecule has 0 bridgehead atoms. The first-order valence-corrected chi connectivity index (χ1v) is 5.26. The topological polar surface area (TPSA) is 46.4 Å². The number of nitrogens with one attached hydrogen (secondary N) is 1. The fourth-order valence-corrected chi connectivity index (χ4v) is 2.62. The van der Waals surface area contributed by atoms with Crippen molar-refractivity contribution >= 4 is 38.6 Å². The highest BCUT2D eigenvalue weighted by Gasteiger charge is 2.04. The van der Waals surface area contributed by atoms with Gasteiger partial charge in [0.25, 0.3) is 0 Å². The van der Waals surface area contributed by atoms with Crippen LogP contribution in [0.4, 0.5) is 5.69 Å². The van der Waals surface area contributed by atoms with Crippen molar-refractivity contribution in [2.24, 2.45) is 0 Å². The molecule has 74 valence electrons. The third kappa shape index (κ3) is 1.20. The van der Waals surface area contributed by atoms with Crippen molar-refractivity contribution in [3.8, 4) is 0 Å². The summed E-state index contributed by atoms with van der Waals surface area (Å²) < 4.78 is 3.15. The van der Waals surface area contributed by atoms with Gasteiger partial charge in [-0.25, -0.2) is 4.98 Å². The summed E-state index contributed by atoms with van der Waals surface area (Å²) in [6, 6.07) is 5.80. The second kappa shape index (κ2) is 3.06. The van der Waals surface area contributed by atoms with Gasteiger partial charge in [-0.05, 0) is 18.2 Å². The molecule has 0 aliphatic carbocycles. The molecule has 4 nitrogen and oxygen atoms in total. The van der Waals surface area contributed by atoms with E-state index in [-0.39, 0.29) is 0 Å². The molecule has 3 aromatic rings. The molecule has 1 aromatic carbocycles. The number of carbonyl (C=O) groups is 1. The number of thiazole rings is 1. The van der Waals surface area contributed by atoms with Gasteiger partial charge in [-0.2, -0.15) is 0 Å². The third-order valence-electron chi connectivity index (χ3n) is 2.25. The molecule has 0 spiro atoms. The lowest BCUT2D eigenvalue weighted by atomic mass is 10.3. The molecule has 5 heteroatoms. The zero-order chi connectivity index (χ0) is 10.3. The molecule has 2 heterocycles. The van der Waals surface area contributed by atoms with Gasteiger partial charge in [0.2, 0.25) is 6.41 Å². The molecular formula is C10H7N3OS. The van der Waals surface area contributed by atoms with Gasteiger partial charge in [0.1, 0.15) is 0 Å². The summed E-state index contributed by atoms with van der Waals surface area (Å²) >= 11 is 1.60. The van der Waals surface area contributed by atoms with Gasteiger partial charge < -0.3 is 5.32 Å². The zero-order valence-corrected chi connectivity index (χ0v) is 8.49. The van der Waals surface area contributed by atoms with Gasteiger partial charge in [0.15, 0.2) is 4.96 Å². The second-order valence-electron chi connectivity index (χ2n) is 3.13. The molecule has 15 heavy (non-hydrogen) atoms. The molecule has 0 saturated carbocycles. The van der Waals surface area contributed by atoms with Crippen LogP contribution in [-0.2, 0) is 4.79 Å². The maximum absolute atomic E-state index is 10.3. The van der Waals surface area contributed by atoms with Gasteiger partial charge in [0.05, 0.1) is 10.2 Å². The van der Waals surface area contributed by atoms with E-state index in [9.17, 15) is 4.79 Å². The molecule has 3 rings (SSSR count). The molecule has 0 saturated heterocycles. The van der Waals surface area contributed by atoms with Gasteiger partial charge in [-0.1, -0.05) is 11.3 Å². The van der Waals surface area contributed by atoms with Gasteiger partial charge in [-0.15, -0.1) is 0 Å². The minimum absolute atomic E-state index is 0.680. The van der Waals surface area contributed by atoms with E-state index in [0.29, 0.717) is 6.41 Å². The Kier molecular flexibility index (Phi) is 1.72. The summed E-state index contributed by atoms with van der Waals surface area (Å²) in [7, 11) is 0. The highest BCUT2D eigenvalue weighted by atomic mass is 32.1. The van der Waals surface area contributed by atoms with Crippen LogP contribution in [0.3, 0.4) is 0 Å². The van der Waals surface area contributed by atoms with Crippen molar-refractivity contribution in [1.29, 1.82) is 0 Å². The maximum atomic E-state index is 10.3.